The molecule has 1 aliphatic rings. The first-order valence-corrected chi connectivity index (χ1v) is 4.99. The van der Waals surface area contributed by atoms with Crippen LogP contribution in [0.2, 0.25) is 0 Å². The summed E-state index contributed by atoms with van der Waals surface area (Å²) in [5.41, 5.74) is -0.930. The predicted octanol–water partition coefficient (Wildman–Crippen LogP) is 0.951. The van der Waals surface area contributed by atoms with Crippen LogP contribution in [-0.4, -0.2) is 40.3 Å². The molecule has 0 aliphatic carbocycles. The van der Waals surface area contributed by atoms with E-state index in [2.05, 4.69) is 5.32 Å². The van der Waals surface area contributed by atoms with E-state index >= 15 is 0 Å². The Labute approximate surface area is 85.3 Å². The van der Waals surface area contributed by atoms with Gasteiger partial charge in [0.25, 0.3) is 0 Å². The molecule has 0 aromatic carbocycles. The molecule has 4 nitrogen and oxygen atoms in total. The van der Waals surface area contributed by atoms with Gasteiger partial charge in [0.2, 0.25) is 0 Å². The molecule has 2 N–H and O–H groups in total. The largest absolute Gasteiger partial charge is 0.388 e. The third-order valence-electron chi connectivity index (χ3n) is 2.22. The van der Waals surface area contributed by atoms with E-state index in [-0.39, 0.29) is 11.6 Å². The highest BCUT2D eigenvalue weighted by atomic mass is 16.3. The molecule has 0 aromatic rings. The van der Waals surface area contributed by atoms with E-state index in [1.807, 2.05) is 20.8 Å². The number of aliphatic hydroxyl groups is 1. The normalized spacial score (nSPS) is 27.9. The Morgan fingerprint density at radius 3 is 2.43 bits per heavy atom. The van der Waals surface area contributed by atoms with Crippen LogP contribution in [0, 0.1) is 0 Å². The Hall–Kier alpha value is -0.770. The van der Waals surface area contributed by atoms with Crippen molar-refractivity contribution in [3.63, 3.8) is 0 Å². The lowest BCUT2D eigenvalue weighted by Crippen LogP contribution is -2.48. The smallest absolute Gasteiger partial charge is 0.317 e. The van der Waals surface area contributed by atoms with E-state index in [1.54, 1.807) is 11.8 Å². The van der Waals surface area contributed by atoms with Crippen LogP contribution in [0.4, 0.5) is 4.79 Å². The number of rotatable bonds is 0. The van der Waals surface area contributed by atoms with Gasteiger partial charge in [0, 0.05) is 12.1 Å². The van der Waals surface area contributed by atoms with Gasteiger partial charge in [-0.3, -0.25) is 0 Å². The Kier molecular flexibility index (Phi) is 2.76. The molecular weight excluding hydrogens is 180 g/mol. The Morgan fingerprint density at radius 1 is 1.50 bits per heavy atom. The molecule has 2 amide bonds. The van der Waals surface area contributed by atoms with Crippen molar-refractivity contribution < 1.29 is 9.90 Å². The number of urea groups is 1. The third-order valence-corrected chi connectivity index (χ3v) is 2.22. The first kappa shape index (κ1) is 11.3. The fourth-order valence-corrected chi connectivity index (χ4v) is 1.52. The minimum Gasteiger partial charge on any atom is -0.388 e. The second-order valence-electron chi connectivity index (χ2n) is 5.35. The number of likely N-dealkylation sites (tertiary alicyclic amines) is 1. The van der Waals surface area contributed by atoms with Crippen molar-refractivity contribution in [3.05, 3.63) is 0 Å². The molecule has 0 spiro atoms. The first-order chi connectivity index (χ1) is 6.20. The third kappa shape index (κ3) is 3.18. The van der Waals surface area contributed by atoms with E-state index < -0.39 is 5.60 Å². The van der Waals surface area contributed by atoms with Gasteiger partial charge in [-0.1, -0.05) is 0 Å². The van der Waals surface area contributed by atoms with E-state index in [9.17, 15) is 9.90 Å². The SMILES string of the molecule is CC1(O)CCN(C(=O)NC(C)(C)C)C1. The molecule has 14 heavy (non-hydrogen) atoms. The van der Waals surface area contributed by atoms with Crippen LogP contribution < -0.4 is 5.32 Å². The number of carbonyl (C=O) groups is 1. The van der Waals surface area contributed by atoms with Gasteiger partial charge in [-0.2, -0.15) is 0 Å². The number of nitrogens with one attached hydrogen (secondary N) is 1. The molecule has 4 heteroatoms. The van der Waals surface area contributed by atoms with Crippen molar-refractivity contribution in [2.75, 3.05) is 13.1 Å². The number of carbonyl (C=O) groups excluding carboxylic acids is 1. The zero-order valence-corrected chi connectivity index (χ0v) is 9.42. The fourth-order valence-electron chi connectivity index (χ4n) is 1.52. The maximum absolute atomic E-state index is 11.7. The first-order valence-electron chi connectivity index (χ1n) is 4.99. The molecule has 1 saturated heterocycles. The molecule has 0 saturated carbocycles. The summed E-state index contributed by atoms with van der Waals surface area (Å²) in [7, 11) is 0. The molecule has 1 atom stereocenters. The van der Waals surface area contributed by atoms with Crippen LogP contribution in [0.3, 0.4) is 0 Å². The Morgan fingerprint density at radius 2 is 2.07 bits per heavy atom. The molecule has 0 aromatic heterocycles. The summed E-state index contributed by atoms with van der Waals surface area (Å²) < 4.78 is 0. The van der Waals surface area contributed by atoms with Crippen LogP contribution in [-0.2, 0) is 0 Å². The molecule has 0 radical (unpaired) electrons. The van der Waals surface area contributed by atoms with Crippen molar-refractivity contribution in [3.8, 4) is 0 Å². The molecule has 1 aliphatic heterocycles. The van der Waals surface area contributed by atoms with Gasteiger partial charge in [0.1, 0.15) is 0 Å². The second-order valence-corrected chi connectivity index (χ2v) is 5.35. The molecule has 0 bridgehead atoms. The van der Waals surface area contributed by atoms with Gasteiger partial charge in [-0.25, -0.2) is 4.79 Å². The monoisotopic (exact) mass is 200 g/mol. The van der Waals surface area contributed by atoms with Gasteiger partial charge < -0.3 is 15.3 Å². The minimum absolute atomic E-state index is 0.0877. The lowest BCUT2D eigenvalue weighted by molar-refractivity contribution is 0.0714. The molecule has 1 fully saturated rings. The van der Waals surface area contributed by atoms with Gasteiger partial charge in [-0.15, -0.1) is 0 Å². The van der Waals surface area contributed by atoms with E-state index in [4.69, 9.17) is 0 Å². The molecule has 1 rings (SSSR count). The molecular formula is C10H20N2O2. The number of β-amino-alcohol motifs (C(OH)–C–C–N with tert-alkyl or cyclic N) is 1. The van der Waals surface area contributed by atoms with Crippen LogP contribution in [0.1, 0.15) is 34.1 Å². The van der Waals surface area contributed by atoms with Crippen molar-refractivity contribution in [2.24, 2.45) is 0 Å². The highest BCUT2D eigenvalue weighted by molar-refractivity contribution is 5.75. The number of nitrogens with zero attached hydrogens (tertiary/aromatic N) is 1. The minimum atomic E-state index is -0.713. The summed E-state index contributed by atoms with van der Waals surface area (Å²) in [6.45, 7) is 8.65. The van der Waals surface area contributed by atoms with Gasteiger partial charge >= 0.3 is 6.03 Å². The number of amides is 2. The number of hydrogen-bond acceptors (Lipinski definition) is 2. The average molecular weight is 200 g/mol. The van der Waals surface area contributed by atoms with E-state index in [0.717, 1.165) is 0 Å². The highest BCUT2D eigenvalue weighted by Crippen LogP contribution is 2.20. The summed E-state index contributed by atoms with van der Waals surface area (Å²) in [5.74, 6) is 0. The predicted molar refractivity (Wildman–Crippen MR) is 55.1 cm³/mol. The summed E-state index contributed by atoms with van der Waals surface area (Å²) in [4.78, 5) is 13.3. The van der Waals surface area contributed by atoms with Crippen molar-refractivity contribution in [1.82, 2.24) is 10.2 Å². The summed E-state index contributed by atoms with van der Waals surface area (Å²) in [6.07, 6.45) is 0.657. The van der Waals surface area contributed by atoms with E-state index in [1.165, 1.54) is 0 Å². The molecule has 82 valence electrons. The lowest BCUT2D eigenvalue weighted by atomic mass is 10.1. The Bertz CT molecular complexity index is 231. The zero-order chi connectivity index (χ0) is 11.0. The lowest BCUT2D eigenvalue weighted by Gasteiger charge is -2.26. The zero-order valence-electron chi connectivity index (χ0n) is 9.42. The standard InChI is InChI=1S/C10H20N2O2/c1-9(2,3)11-8(13)12-6-5-10(4,14)7-12/h14H,5-7H2,1-4H3,(H,11,13). The van der Waals surface area contributed by atoms with Crippen LogP contribution >= 0.6 is 0 Å². The number of hydrogen-bond donors (Lipinski definition) is 2. The van der Waals surface area contributed by atoms with E-state index in [0.29, 0.717) is 19.5 Å². The summed E-state index contributed by atoms with van der Waals surface area (Å²) in [6, 6.07) is -0.0877. The van der Waals surface area contributed by atoms with Crippen LogP contribution in [0.25, 0.3) is 0 Å². The molecule has 1 unspecified atom stereocenters. The van der Waals surface area contributed by atoms with Crippen LogP contribution in [0.5, 0.6) is 0 Å². The van der Waals surface area contributed by atoms with Gasteiger partial charge in [0.15, 0.2) is 0 Å². The topological polar surface area (TPSA) is 52.6 Å². The highest BCUT2D eigenvalue weighted by Gasteiger charge is 2.34. The quantitative estimate of drug-likeness (QED) is 0.611. The maximum Gasteiger partial charge on any atom is 0.317 e. The maximum atomic E-state index is 11.7. The van der Waals surface area contributed by atoms with Gasteiger partial charge in [-0.05, 0) is 34.1 Å². The Balaban J connectivity index is 2.48. The van der Waals surface area contributed by atoms with Crippen molar-refractivity contribution in [2.45, 2.75) is 45.3 Å². The second kappa shape index (κ2) is 3.42. The summed E-state index contributed by atoms with van der Waals surface area (Å²) in [5, 5.41) is 12.6. The van der Waals surface area contributed by atoms with Crippen LogP contribution in [0.15, 0.2) is 0 Å². The summed E-state index contributed by atoms with van der Waals surface area (Å²) >= 11 is 0. The van der Waals surface area contributed by atoms with Gasteiger partial charge in [0.05, 0.1) is 12.1 Å². The van der Waals surface area contributed by atoms with Crippen molar-refractivity contribution >= 4 is 6.03 Å². The average Bonchev–Trinajstić information content (AvgIpc) is 2.26. The van der Waals surface area contributed by atoms with Crippen molar-refractivity contribution in [1.29, 1.82) is 0 Å². The fraction of sp³-hybridized carbons (Fsp3) is 0.900. The molecule has 1 heterocycles.